The number of ether oxygens (including phenoxy) is 2. The Morgan fingerprint density at radius 2 is 2.04 bits per heavy atom. The third-order valence-electron chi connectivity index (χ3n) is 3.45. The summed E-state index contributed by atoms with van der Waals surface area (Å²) in [6.45, 7) is 0.647. The molecule has 1 atom stereocenters. The fourth-order valence-corrected chi connectivity index (χ4v) is 2.37. The van der Waals surface area contributed by atoms with Crippen molar-refractivity contribution >= 4 is 23.2 Å². The Kier molecular flexibility index (Phi) is 7.06. The summed E-state index contributed by atoms with van der Waals surface area (Å²) in [6, 6.07) is 14.7. The molecule has 2 rings (SSSR count). The van der Waals surface area contributed by atoms with Crippen LogP contribution in [0.15, 0.2) is 48.5 Å². The van der Waals surface area contributed by atoms with E-state index in [0.717, 1.165) is 5.56 Å². The van der Waals surface area contributed by atoms with Crippen molar-refractivity contribution in [1.82, 2.24) is 0 Å². The van der Waals surface area contributed by atoms with Crippen molar-refractivity contribution in [3.63, 3.8) is 0 Å². The first-order valence-electron chi connectivity index (χ1n) is 7.61. The SMILES string of the molecule is COC(CN)CC(=O)Nc1ccccc1OCc1cccc(Cl)c1. The van der Waals surface area contributed by atoms with E-state index in [1.54, 1.807) is 12.1 Å². The van der Waals surface area contributed by atoms with Crippen LogP contribution in [-0.4, -0.2) is 25.7 Å². The number of para-hydroxylation sites is 2. The van der Waals surface area contributed by atoms with E-state index in [-0.39, 0.29) is 25.0 Å². The van der Waals surface area contributed by atoms with Crippen LogP contribution in [-0.2, 0) is 16.1 Å². The molecule has 0 bridgehead atoms. The highest BCUT2D eigenvalue weighted by atomic mass is 35.5. The minimum atomic E-state index is -0.301. The van der Waals surface area contributed by atoms with Gasteiger partial charge in [0.05, 0.1) is 18.2 Å². The Labute approximate surface area is 146 Å². The third kappa shape index (κ3) is 5.53. The van der Waals surface area contributed by atoms with Gasteiger partial charge in [-0.15, -0.1) is 0 Å². The number of rotatable bonds is 8. The van der Waals surface area contributed by atoms with Crippen LogP contribution in [0.1, 0.15) is 12.0 Å². The van der Waals surface area contributed by atoms with Gasteiger partial charge in [0.15, 0.2) is 0 Å². The second-order valence-electron chi connectivity index (χ2n) is 5.26. The summed E-state index contributed by atoms with van der Waals surface area (Å²) < 4.78 is 10.9. The average Bonchev–Trinajstić information content (AvgIpc) is 2.59. The largest absolute Gasteiger partial charge is 0.487 e. The smallest absolute Gasteiger partial charge is 0.227 e. The van der Waals surface area contributed by atoms with Crippen LogP contribution in [0.4, 0.5) is 5.69 Å². The Morgan fingerprint density at radius 1 is 1.25 bits per heavy atom. The van der Waals surface area contributed by atoms with E-state index in [0.29, 0.717) is 23.1 Å². The lowest BCUT2D eigenvalue weighted by molar-refractivity contribution is -0.118. The van der Waals surface area contributed by atoms with Gasteiger partial charge < -0.3 is 20.5 Å². The molecule has 5 nitrogen and oxygen atoms in total. The Morgan fingerprint density at radius 3 is 2.75 bits per heavy atom. The zero-order chi connectivity index (χ0) is 17.4. The number of anilines is 1. The maximum Gasteiger partial charge on any atom is 0.227 e. The summed E-state index contributed by atoms with van der Waals surface area (Å²) in [5.74, 6) is 0.415. The van der Waals surface area contributed by atoms with Gasteiger partial charge in [-0.3, -0.25) is 4.79 Å². The van der Waals surface area contributed by atoms with E-state index in [1.807, 2.05) is 36.4 Å². The van der Waals surface area contributed by atoms with Gasteiger partial charge in [0.1, 0.15) is 12.4 Å². The first kappa shape index (κ1) is 18.3. The Hall–Kier alpha value is -2.08. The molecule has 2 aromatic rings. The van der Waals surface area contributed by atoms with Crippen molar-refractivity contribution < 1.29 is 14.3 Å². The number of carbonyl (C=O) groups is 1. The van der Waals surface area contributed by atoms with Gasteiger partial charge in [0.2, 0.25) is 5.91 Å². The molecule has 0 heterocycles. The molecule has 0 fully saturated rings. The van der Waals surface area contributed by atoms with Crippen molar-refractivity contribution in [2.24, 2.45) is 5.73 Å². The molecule has 128 valence electrons. The molecule has 1 amide bonds. The minimum absolute atomic E-state index is 0.175. The quantitative estimate of drug-likeness (QED) is 0.768. The van der Waals surface area contributed by atoms with E-state index >= 15 is 0 Å². The molecule has 6 heteroatoms. The summed E-state index contributed by atoms with van der Waals surface area (Å²) in [7, 11) is 1.53. The van der Waals surface area contributed by atoms with Crippen LogP contribution in [0, 0.1) is 0 Å². The zero-order valence-corrected chi connectivity index (χ0v) is 14.3. The van der Waals surface area contributed by atoms with Gasteiger partial charge in [-0.2, -0.15) is 0 Å². The monoisotopic (exact) mass is 348 g/mol. The maximum absolute atomic E-state index is 12.1. The predicted molar refractivity (Wildman–Crippen MR) is 95.3 cm³/mol. The van der Waals surface area contributed by atoms with Crippen LogP contribution < -0.4 is 15.8 Å². The van der Waals surface area contributed by atoms with Gasteiger partial charge >= 0.3 is 0 Å². The van der Waals surface area contributed by atoms with Crippen molar-refractivity contribution in [3.05, 3.63) is 59.1 Å². The standard InChI is InChI=1S/C18H21ClN2O3/c1-23-15(11-20)10-18(22)21-16-7-2-3-8-17(16)24-12-13-5-4-6-14(19)9-13/h2-9,15H,10-12,20H2,1H3,(H,21,22). The molecule has 0 spiro atoms. The van der Waals surface area contributed by atoms with E-state index < -0.39 is 0 Å². The van der Waals surface area contributed by atoms with Gasteiger partial charge in [-0.05, 0) is 29.8 Å². The zero-order valence-electron chi connectivity index (χ0n) is 13.5. The number of hydrogen-bond acceptors (Lipinski definition) is 4. The number of hydrogen-bond donors (Lipinski definition) is 2. The lowest BCUT2D eigenvalue weighted by atomic mass is 10.2. The summed E-state index contributed by atoms with van der Waals surface area (Å²) >= 11 is 5.97. The second kappa shape index (κ2) is 9.27. The average molecular weight is 349 g/mol. The molecule has 0 aliphatic heterocycles. The summed E-state index contributed by atoms with van der Waals surface area (Å²) in [5.41, 5.74) is 7.10. The highest BCUT2D eigenvalue weighted by molar-refractivity contribution is 6.30. The molecule has 3 N–H and O–H groups in total. The number of carbonyl (C=O) groups excluding carboxylic acids is 1. The fourth-order valence-electron chi connectivity index (χ4n) is 2.15. The Balaban J connectivity index is 2.00. The lowest BCUT2D eigenvalue weighted by Gasteiger charge is -2.15. The molecule has 0 radical (unpaired) electrons. The maximum atomic E-state index is 12.1. The van der Waals surface area contributed by atoms with Crippen LogP contribution in [0.3, 0.4) is 0 Å². The molecule has 24 heavy (non-hydrogen) atoms. The summed E-state index contributed by atoms with van der Waals surface area (Å²) in [5, 5.41) is 3.49. The van der Waals surface area contributed by atoms with Crippen molar-refractivity contribution in [2.45, 2.75) is 19.1 Å². The van der Waals surface area contributed by atoms with E-state index in [4.69, 9.17) is 26.8 Å². The van der Waals surface area contributed by atoms with E-state index in [2.05, 4.69) is 5.32 Å². The van der Waals surface area contributed by atoms with Gasteiger partial charge in [-0.1, -0.05) is 35.9 Å². The number of nitrogens with two attached hydrogens (primary N) is 1. The lowest BCUT2D eigenvalue weighted by Crippen LogP contribution is -2.28. The molecule has 0 aliphatic rings. The Bertz CT molecular complexity index is 675. The topological polar surface area (TPSA) is 73.6 Å². The molecule has 0 saturated carbocycles. The van der Waals surface area contributed by atoms with E-state index in [9.17, 15) is 4.79 Å². The molecule has 1 unspecified atom stereocenters. The minimum Gasteiger partial charge on any atom is -0.487 e. The first-order valence-corrected chi connectivity index (χ1v) is 7.99. The second-order valence-corrected chi connectivity index (χ2v) is 5.70. The normalized spacial score (nSPS) is 11.8. The highest BCUT2D eigenvalue weighted by Crippen LogP contribution is 2.25. The van der Waals surface area contributed by atoms with Crippen LogP contribution >= 0.6 is 11.6 Å². The number of amides is 1. The molecule has 2 aromatic carbocycles. The highest BCUT2D eigenvalue weighted by Gasteiger charge is 2.13. The number of methoxy groups -OCH3 is 1. The van der Waals surface area contributed by atoms with Crippen LogP contribution in [0.25, 0.3) is 0 Å². The van der Waals surface area contributed by atoms with Crippen molar-refractivity contribution in [2.75, 3.05) is 19.0 Å². The number of nitrogens with one attached hydrogen (secondary N) is 1. The van der Waals surface area contributed by atoms with E-state index in [1.165, 1.54) is 7.11 Å². The van der Waals surface area contributed by atoms with Gasteiger partial charge in [0.25, 0.3) is 0 Å². The number of halogens is 1. The third-order valence-corrected chi connectivity index (χ3v) is 3.69. The van der Waals surface area contributed by atoms with Crippen LogP contribution in [0.5, 0.6) is 5.75 Å². The van der Waals surface area contributed by atoms with Crippen LogP contribution in [0.2, 0.25) is 5.02 Å². The van der Waals surface area contributed by atoms with Crippen molar-refractivity contribution in [1.29, 1.82) is 0 Å². The van der Waals surface area contributed by atoms with Gasteiger partial charge in [0, 0.05) is 18.7 Å². The fraction of sp³-hybridized carbons (Fsp3) is 0.278. The van der Waals surface area contributed by atoms with Gasteiger partial charge in [-0.25, -0.2) is 0 Å². The molecule has 0 aromatic heterocycles. The molecule has 0 saturated heterocycles. The number of benzene rings is 2. The first-order chi connectivity index (χ1) is 11.6. The molecular weight excluding hydrogens is 328 g/mol. The molecular formula is C18H21ClN2O3. The predicted octanol–water partition coefficient (Wildman–Crippen LogP) is 3.22. The molecule has 0 aliphatic carbocycles. The summed E-state index contributed by atoms with van der Waals surface area (Å²) in [4.78, 5) is 12.1. The van der Waals surface area contributed by atoms with Crippen molar-refractivity contribution in [3.8, 4) is 5.75 Å². The summed E-state index contributed by atoms with van der Waals surface area (Å²) in [6.07, 6.45) is -0.111.